The van der Waals surface area contributed by atoms with Gasteiger partial charge >= 0.3 is 0 Å². The van der Waals surface area contributed by atoms with E-state index in [4.69, 9.17) is 4.74 Å². The minimum absolute atomic E-state index is 0.266. The van der Waals surface area contributed by atoms with E-state index in [1.165, 1.54) is 12.8 Å². The Bertz CT molecular complexity index is 218. The van der Waals surface area contributed by atoms with Crippen LogP contribution in [-0.2, 0) is 4.74 Å². The molecule has 0 aromatic heterocycles. The summed E-state index contributed by atoms with van der Waals surface area (Å²) in [6.07, 6.45) is 2.72. The lowest BCUT2D eigenvalue weighted by molar-refractivity contribution is -0.0116. The molecule has 0 unspecified atom stereocenters. The number of hydrogen-bond donors (Lipinski definition) is 1. The second kappa shape index (κ2) is 5.03. The Morgan fingerprint density at radius 3 is 2.44 bits per heavy atom. The van der Waals surface area contributed by atoms with Crippen molar-refractivity contribution in [3.8, 4) is 0 Å². The molecule has 1 heterocycles. The highest BCUT2D eigenvalue weighted by Crippen LogP contribution is 2.27. The zero-order valence-corrected chi connectivity index (χ0v) is 11.0. The van der Waals surface area contributed by atoms with Crippen LogP contribution in [0.1, 0.15) is 33.6 Å². The molecule has 0 atom stereocenters. The van der Waals surface area contributed by atoms with Gasteiger partial charge in [0.15, 0.2) is 0 Å². The van der Waals surface area contributed by atoms with Gasteiger partial charge in [-0.05, 0) is 32.6 Å². The monoisotopic (exact) mass is 226 g/mol. The molecule has 1 N–H and O–H groups in total. The second-order valence-electron chi connectivity index (χ2n) is 6.07. The Hall–Kier alpha value is -0.120. The van der Waals surface area contributed by atoms with Crippen LogP contribution in [0.2, 0.25) is 0 Å². The van der Waals surface area contributed by atoms with Crippen molar-refractivity contribution in [3.05, 3.63) is 0 Å². The van der Waals surface area contributed by atoms with Crippen LogP contribution in [0.25, 0.3) is 0 Å². The van der Waals surface area contributed by atoms with E-state index in [1.54, 1.807) is 0 Å². The van der Waals surface area contributed by atoms with Gasteiger partial charge in [-0.25, -0.2) is 0 Å². The van der Waals surface area contributed by atoms with Gasteiger partial charge < -0.3 is 10.1 Å². The lowest BCUT2D eigenvalue weighted by atomic mass is 9.81. The van der Waals surface area contributed by atoms with Crippen LogP contribution in [0.5, 0.6) is 0 Å². The van der Waals surface area contributed by atoms with Gasteiger partial charge in [0.05, 0.1) is 13.2 Å². The summed E-state index contributed by atoms with van der Waals surface area (Å²) in [6, 6.07) is 0.773. The number of nitrogens with zero attached hydrogens (tertiary/aromatic N) is 1. The molecule has 0 spiro atoms. The molecule has 16 heavy (non-hydrogen) atoms. The Labute approximate surface area is 99.5 Å². The minimum atomic E-state index is 0.266. The number of morpholine rings is 1. The molecule has 3 heteroatoms. The highest BCUT2D eigenvalue weighted by Gasteiger charge is 2.31. The molecule has 1 saturated carbocycles. The first-order chi connectivity index (χ1) is 7.58. The van der Waals surface area contributed by atoms with Crippen LogP contribution in [0, 0.1) is 5.92 Å². The maximum Gasteiger partial charge on any atom is 0.0594 e. The molecule has 3 nitrogen and oxygen atoms in total. The highest BCUT2D eigenvalue weighted by atomic mass is 16.5. The molecule has 0 amide bonds. The van der Waals surface area contributed by atoms with E-state index in [9.17, 15) is 0 Å². The van der Waals surface area contributed by atoms with E-state index in [1.807, 2.05) is 0 Å². The molecule has 94 valence electrons. The molecule has 2 fully saturated rings. The second-order valence-corrected chi connectivity index (χ2v) is 6.07. The Balaban J connectivity index is 1.73. The smallest absolute Gasteiger partial charge is 0.0594 e. The van der Waals surface area contributed by atoms with E-state index < -0.39 is 0 Å². The van der Waals surface area contributed by atoms with Crippen molar-refractivity contribution in [3.63, 3.8) is 0 Å². The number of hydrogen-bond acceptors (Lipinski definition) is 3. The van der Waals surface area contributed by atoms with E-state index >= 15 is 0 Å². The molecule has 2 rings (SSSR count). The average Bonchev–Trinajstić information content (AvgIpc) is 2.24. The van der Waals surface area contributed by atoms with Crippen molar-refractivity contribution in [2.75, 3.05) is 32.8 Å². The van der Waals surface area contributed by atoms with Crippen molar-refractivity contribution in [2.24, 2.45) is 5.92 Å². The summed E-state index contributed by atoms with van der Waals surface area (Å²) in [5.74, 6) is 0.934. The molecule has 0 aromatic carbocycles. The largest absolute Gasteiger partial charge is 0.379 e. The van der Waals surface area contributed by atoms with Crippen LogP contribution >= 0.6 is 0 Å². The minimum Gasteiger partial charge on any atom is -0.379 e. The lowest BCUT2D eigenvalue weighted by Gasteiger charge is -2.43. The van der Waals surface area contributed by atoms with Crippen molar-refractivity contribution in [1.29, 1.82) is 0 Å². The maximum absolute atomic E-state index is 5.40. The van der Waals surface area contributed by atoms with Crippen molar-refractivity contribution < 1.29 is 4.74 Å². The molecule has 0 radical (unpaired) electrons. The van der Waals surface area contributed by atoms with E-state index in [0.717, 1.165) is 44.8 Å². The van der Waals surface area contributed by atoms with Gasteiger partial charge in [-0.2, -0.15) is 0 Å². The van der Waals surface area contributed by atoms with E-state index in [-0.39, 0.29) is 5.54 Å². The zero-order chi connectivity index (χ0) is 11.6. The van der Waals surface area contributed by atoms with E-state index in [2.05, 4.69) is 31.0 Å². The first-order valence-corrected chi connectivity index (χ1v) is 6.64. The van der Waals surface area contributed by atoms with Crippen LogP contribution in [0.3, 0.4) is 0 Å². The molecular formula is C13H26N2O. The van der Waals surface area contributed by atoms with Gasteiger partial charge in [0, 0.05) is 31.2 Å². The van der Waals surface area contributed by atoms with Gasteiger partial charge in [-0.1, -0.05) is 6.92 Å². The molecule has 1 saturated heterocycles. The first-order valence-electron chi connectivity index (χ1n) is 6.64. The quantitative estimate of drug-likeness (QED) is 0.786. The number of ether oxygens (including phenoxy) is 1. The fourth-order valence-corrected chi connectivity index (χ4v) is 2.74. The summed E-state index contributed by atoms with van der Waals surface area (Å²) >= 11 is 0. The fourth-order valence-electron chi connectivity index (χ4n) is 2.74. The van der Waals surface area contributed by atoms with Crippen LogP contribution in [-0.4, -0.2) is 49.3 Å². The predicted octanol–water partition coefficient (Wildman–Crippen LogP) is 1.49. The van der Waals surface area contributed by atoms with Crippen molar-refractivity contribution in [2.45, 2.75) is 45.2 Å². The van der Waals surface area contributed by atoms with Gasteiger partial charge in [0.1, 0.15) is 0 Å². The third-order valence-corrected chi connectivity index (χ3v) is 4.06. The first kappa shape index (κ1) is 12.3. The lowest BCUT2D eigenvalue weighted by Crippen LogP contribution is -2.57. The van der Waals surface area contributed by atoms with Gasteiger partial charge in [0.25, 0.3) is 0 Å². The predicted molar refractivity (Wildman–Crippen MR) is 66.7 cm³/mol. The summed E-state index contributed by atoms with van der Waals surface area (Å²) in [6.45, 7) is 12.1. The zero-order valence-electron chi connectivity index (χ0n) is 11.0. The summed E-state index contributed by atoms with van der Waals surface area (Å²) in [5.41, 5.74) is 0.266. The van der Waals surface area contributed by atoms with Gasteiger partial charge in [-0.15, -0.1) is 0 Å². The number of rotatable bonds is 4. The van der Waals surface area contributed by atoms with Crippen LogP contribution < -0.4 is 5.32 Å². The third kappa shape index (κ3) is 2.96. The Morgan fingerprint density at radius 2 is 1.88 bits per heavy atom. The van der Waals surface area contributed by atoms with Crippen molar-refractivity contribution >= 4 is 0 Å². The molecule has 1 aliphatic carbocycles. The molecule has 0 bridgehead atoms. The molecule has 0 aromatic rings. The van der Waals surface area contributed by atoms with Gasteiger partial charge in [0.2, 0.25) is 0 Å². The van der Waals surface area contributed by atoms with Crippen LogP contribution in [0.15, 0.2) is 0 Å². The normalized spacial score (nSPS) is 32.4. The molecular weight excluding hydrogens is 200 g/mol. The van der Waals surface area contributed by atoms with Crippen molar-refractivity contribution in [1.82, 2.24) is 10.2 Å². The topological polar surface area (TPSA) is 24.5 Å². The fraction of sp³-hybridized carbons (Fsp3) is 1.00. The van der Waals surface area contributed by atoms with Crippen LogP contribution in [0.4, 0.5) is 0 Å². The standard InChI is InChI=1S/C13H26N2O/c1-11-8-12(9-11)14-10-13(2,3)15-4-6-16-7-5-15/h11-12,14H,4-10H2,1-3H3. The summed E-state index contributed by atoms with van der Waals surface area (Å²) in [4.78, 5) is 2.55. The molecule has 1 aliphatic heterocycles. The summed E-state index contributed by atoms with van der Waals surface area (Å²) in [5, 5.41) is 3.70. The van der Waals surface area contributed by atoms with Gasteiger partial charge in [-0.3, -0.25) is 4.90 Å². The van der Waals surface area contributed by atoms with E-state index in [0.29, 0.717) is 0 Å². The molecule has 2 aliphatic rings. The summed E-state index contributed by atoms with van der Waals surface area (Å²) in [7, 11) is 0. The third-order valence-electron chi connectivity index (χ3n) is 4.06. The average molecular weight is 226 g/mol. The summed E-state index contributed by atoms with van der Waals surface area (Å²) < 4.78 is 5.40. The SMILES string of the molecule is CC1CC(NCC(C)(C)N2CCOCC2)C1. The Morgan fingerprint density at radius 1 is 1.25 bits per heavy atom. The Kier molecular flexibility index (Phi) is 3.88. The number of nitrogens with one attached hydrogen (secondary N) is 1. The highest BCUT2D eigenvalue weighted by molar-refractivity contribution is 4.89. The maximum atomic E-state index is 5.40.